The second kappa shape index (κ2) is 8.22. The van der Waals surface area contributed by atoms with Crippen molar-refractivity contribution in [1.82, 2.24) is 9.80 Å². The summed E-state index contributed by atoms with van der Waals surface area (Å²) < 4.78 is 4.37. The number of ether oxygens (including phenoxy) is 1. The maximum Gasteiger partial charge on any atom is 0.251 e. The number of amides is 3. The van der Waals surface area contributed by atoms with E-state index in [9.17, 15) is 19.5 Å². The number of aliphatic hydroxyl groups is 1. The summed E-state index contributed by atoms with van der Waals surface area (Å²) in [5.41, 5.74) is 0.704. The first kappa shape index (κ1) is 22.0. The van der Waals surface area contributed by atoms with Crippen molar-refractivity contribution in [2.75, 3.05) is 45.3 Å². The normalized spacial score (nSPS) is 33.1. The van der Waals surface area contributed by atoms with Gasteiger partial charge in [-0.25, -0.2) is 0 Å². The Morgan fingerprint density at radius 2 is 1.85 bits per heavy atom. The summed E-state index contributed by atoms with van der Waals surface area (Å²) in [5.74, 6) is -1.02. The Bertz CT molecular complexity index is 1040. The highest BCUT2D eigenvalue weighted by Gasteiger charge is 2.70. The van der Waals surface area contributed by atoms with Gasteiger partial charge in [0.1, 0.15) is 11.8 Å². The summed E-state index contributed by atoms with van der Waals surface area (Å²) in [6, 6.07) is 6.43. The van der Waals surface area contributed by atoms with E-state index < -0.39 is 22.6 Å². The van der Waals surface area contributed by atoms with Gasteiger partial charge in [-0.3, -0.25) is 14.4 Å². The molecule has 0 bridgehead atoms. The van der Waals surface area contributed by atoms with E-state index in [1.54, 1.807) is 36.1 Å². The van der Waals surface area contributed by atoms with Crippen LogP contribution in [0.2, 0.25) is 0 Å². The van der Waals surface area contributed by atoms with Crippen LogP contribution in [-0.4, -0.2) is 89.1 Å². The third kappa shape index (κ3) is 3.20. The Morgan fingerprint density at radius 3 is 2.55 bits per heavy atom. The summed E-state index contributed by atoms with van der Waals surface area (Å²) in [5, 5.41) is 9.54. The van der Waals surface area contributed by atoms with Crippen molar-refractivity contribution in [2.45, 2.75) is 16.0 Å². The van der Waals surface area contributed by atoms with Crippen LogP contribution in [-0.2, 0) is 14.4 Å². The standard InChI is InChI=1S/C24H27N3O5S/c1-25-11-3-5-17-18(21(25)29)19-22(30)27(13-14-28)20-23(31)26(12-4-10-24(19,20)33-17)15-6-8-16(32-2)9-7-15/h3-10,17-20,28H,11-14H2,1-2H3/t17-,18+,19+,20?,24+/m1/s1. The average molecular weight is 470 g/mol. The highest BCUT2D eigenvalue weighted by atomic mass is 32.2. The van der Waals surface area contributed by atoms with Crippen LogP contribution in [0.4, 0.5) is 5.69 Å². The van der Waals surface area contributed by atoms with Crippen LogP contribution in [0.1, 0.15) is 0 Å². The Hall–Kier alpha value is -2.78. The van der Waals surface area contributed by atoms with Gasteiger partial charge >= 0.3 is 0 Å². The van der Waals surface area contributed by atoms with E-state index in [0.29, 0.717) is 24.5 Å². The van der Waals surface area contributed by atoms with E-state index in [4.69, 9.17) is 4.74 Å². The molecule has 4 heterocycles. The molecule has 5 rings (SSSR count). The number of aliphatic hydroxyl groups excluding tert-OH is 1. The summed E-state index contributed by atoms with van der Waals surface area (Å²) in [7, 11) is 3.33. The molecule has 0 saturated carbocycles. The van der Waals surface area contributed by atoms with Crippen LogP contribution >= 0.6 is 11.8 Å². The van der Waals surface area contributed by atoms with Crippen LogP contribution < -0.4 is 9.64 Å². The van der Waals surface area contributed by atoms with Crippen LogP contribution in [0, 0.1) is 11.8 Å². The minimum Gasteiger partial charge on any atom is -0.497 e. The molecule has 4 aliphatic heterocycles. The van der Waals surface area contributed by atoms with Crippen molar-refractivity contribution in [1.29, 1.82) is 0 Å². The second-order valence-corrected chi connectivity index (χ2v) is 10.3. The average Bonchev–Trinajstić information content (AvgIpc) is 3.13. The third-order valence-electron chi connectivity index (χ3n) is 7.09. The molecule has 4 aliphatic rings. The van der Waals surface area contributed by atoms with Crippen molar-refractivity contribution in [3.8, 4) is 5.75 Å². The van der Waals surface area contributed by atoms with E-state index in [1.165, 1.54) is 16.7 Å². The number of thioether (sulfide) groups is 1. The van der Waals surface area contributed by atoms with Crippen molar-refractivity contribution < 1.29 is 24.2 Å². The topological polar surface area (TPSA) is 90.4 Å². The number of fused-ring (bicyclic) bond motifs is 2. The SMILES string of the molecule is COc1ccc(N2CC=C[C@]34S[C@@H]5C=CCN(C)C(=O)[C@@H]5[C@H]3C(=O)N(CCO)C4C2=O)cc1. The molecule has 1 N–H and O–H groups in total. The zero-order valence-corrected chi connectivity index (χ0v) is 19.4. The van der Waals surface area contributed by atoms with Crippen LogP contribution in [0.5, 0.6) is 5.75 Å². The molecule has 8 nitrogen and oxygen atoms in total. The van der Waals surface area contributed by atoms with Gasteiger partial charge in [0.25, 0.3) is 5.91 Å². The third-order valence-corrected chi connectivity index (χ3v) is 8.83. The molecular weight excluding hydrogens is 442 g/mol. The van der Waals surface area contributed by atoms with E-state index in [1.807, 2.05) is 36.4 Å². The van der Waals surface area contributed by atoms with E-state index in [2.05, 4.69) is 0 Å². The lowest BCUT2D eigenvalue weighted by molar-refractivity contribution is -0.142. The zero-order valence-electron chi connectivity index (χ0n) is 18.6. The van der Waals surface area contributed by atoms with Crippen LogP contribution in [0.25, 0.3) is 0 Å². The number of carbonyl (C=O) groups is 3. The lowest BCUT2D eigenvalue weighted by Gasteiger charge is -2.35. The first-order valence-corrected chi connectivity index (χ1v) is 11.9. The first-order valence-electron chi connectivity index (χ1n) is 11.1. The molecule has 0 aromatic heterocycles. The summed E-state index contributed by atoms with van der Waals surface area (Å²) in [6.07, 6.45) is 7.87. The fourth-order valence-electron chi connectivity index (χ4n) is 5.60. The van der Waals surface area contributed by atoms with Gasteiger partial charge in [0, 0.05) is 37.6 Å². The smallest absolute Gasteiger partial charge is 0.251 e. The number of carbonyl (C=O) groups excluding carboxylic acids is 3. The quantitative estimate of drug-likeness (QED) is 0.660. The summed E-state index contributed by atoms with van der Waals surface area (Å²) >= 11 is 1.54. The number of hydrogen-bond donors (Lipinski definition) is 1. The van der Waals surface area contributed by atoms with Crippen molar-refractivity contribution in [3.63, 3.8) is 0 Å². The number of nitrogens with zero attached hydrogens (tertiary/aromatic N) is 3. The van der Waals surface area contributed by atoms with Crippen molar-refractivity contribution >= 4 is 35.2 Å². The van der Waals surface area contributed by atoms with Gasteiger partial charge in [-0.15, -0.1) is 11.8 Å². The number of anilines is 1. The number of β-amino-alcohol motifs (C(OH)–C–C–N with tert-alkyl or cyclic N) is 1. The minimum atomic E-state index is -0.863. The fourth-order valence-corrected chi connectivity index (χ4v) is 7.61. The highest BCUT2D eigenvalue weighted by Crippen LogP contribution is 2.61. The molecule has 0 aliphatic carbocycles. The number of likely N-dealkylation sites (tertiary alicyclic amines) is 1. The molecule has 1 spiro atoms. The molecule has 1 aromatic carbocycles. The monoisotopic (exact) mass is 469 g/mol. The van der Waals surface area contributed by atoms with Crippen molar-refractivity contribution in [3.05, 3.63) is 48.6 Å². The Labute approximate surface area is 196 Å². The summed E-state index contributed by atoms with van der Waals surface area (Å²) in [6.45, 7) is 0.660. The molecule has 174 valence electrons. The maximum atomic E-state index is 14.0. The van der Waals surface area contributed by atoms with Crippen LogP contribution in [0.15, 0.2) is 48.6 Å². The van der Waals surface area contributed by atoms with E-state index in [0.717, 1.165) is 0 Å². The molecule has 5 atom stereocenters. The number of likely N-dealkylation sites (N-methyl/N-ethyl adjacent to an activating group) is 1. The molecule has 2 fully saturated rings. The number of hydrogen-bond acceptors (Lipinski definition) is 6. The molecule has 33 heavy (non-hydrogen) atoms. The summed E-state index contributed by atoms with van der Waals surface area (Å²) in [4.78, 5) is 45.8. The van der Waals surface area contributed by atoms with Gasteiger partial charge in [-0.2, -0.15) is 0 Å². The van der Waals surface area contributed by atoms with Gasteiger partial charge in [0.05, 0.1) is 30.3 Å². The largest absolute Gasteiger partial charge is 0.497 e. The van der Waals surface area contributed by atoms with E-state index in [-0.39, 0.29) is 36.1 Å². The van der Waals surface area contributed by atoms with Crippen LogP contribution in [0.3, 0.4) is 0 Å². The molecule has 1 aromatic rings. The Balaban J connectivity index is 1.59. The lowest BCUT2D eigenvalue weighted by Crippen LogP contribution is -2.53. The van der Waals surface area contributed by atoms with Gasteiger partial charge in [0.15, 0.2) is 0 Å². The number of benzene rings is 1. The van der Waals surface area contributed by atoms with Gasteiger partial charge in [0.2, 0.25) is 11.8 Å². The molecule has 3 amide bonds. The maximum absolute atomic E-state index is 14.0. The lowest BCUT2D eigenvalue weighted by atomic mass is 9.78. The number of methoxy groups -OCH3 is 1. The molecule has 1 unspecified atom stereocenters. The Kier molecular flexibility index (Phi) is 5.49. The fraction of sp³-hybridized carbons (Fsp3) is 0.458. The molecule has 0 radical (unpaired) electrons. The molecule has 9 heteroatoms. The zero-order chi connectivity index (χ0) is 23.3. The first-order chi connectivity index (χ1) is 15.9. The van der Waals surface area contributed by atoms with Gasteiger partial charge < -0.3 is 24.5 Å². The Morgan fingerprint density at radius 1 is 1.09 bits per heavy atom. The second-order valence-electron chi connectivity index (χ2n) is 8.79. The number of rotatable bonds is 4. The van der Waals surface area contributed by atoms with E-state index >= 15 is 0 Å². The van der Waals surface area contributed by atoms with Crippen molar-refractivity contribution in [2.24, 2.45) is 11.8 Å². The van der Waals surface area contributed by atoms with Gasteiger partial charge in [-0.1, -0.05) is 24.3 Å². The van der Waals surface area contributed by atoms with Gasteiger partial charge in [-0.05, 0) is 24.3 Å². The minimum absolute atomic E-state index is 0.0512. The predicted octanol–water partition coefficient (Wildman–Crippen LogP) is 0.916. The molecular formula is C24H27N3O5S. The predicted molar refractivity (Wildman–Crippen MR) is 125 cm³/mol. The highest BCUT2D eigenvalue weighted by molar-refractivity contribution is 8.02. The molecule has 2 saturated heterocycles.